The van der Waals surface area contributed by atoms with Crippen molar-refractivity contribution < 1.29 is 15.0 Å². The molecule has 1 atom stereocenters. The molecule has 7 heteroatoms. The predicted molar refractivity (Wildman–Crippen MR) is 73.9 cm³/mol. The normalized spacial score (nSPS) is 11.7. The van der Waals surface area contributed by atoms with E-state index < -0.39 is 12.1 Å². The summed E-state index contributed by atoms with van der Waals surface area (Å²) >= 11 is 0. The van der Waals surface area contributed by atoms with Gasteiger partial charge in [0.15, 0.2) is 0 Å². The number of aliphatic hydroxyl groups excluding tert-OH is 1. The van der Waals surface area contributed by atoms with Crippen molar-refractivity contribution in [2.75, 3.05) is 11.9 Å². The molecule has 2 aromatic rings. The van der Waals surface area contributed by atoms with E-state index in [1.54, 1.807) is 19.1 Å². The van der Waals surface area contributed by atoms with E-state index in [1.807, 2.05) is 0 Å². The first-order chi connectivity index (χ1) is 8.59. The van der Waals surface area contributed by atoms with Crippen LogP contribution in [-0.4, -0.2) is 38.8 Å². The third-order valence-corrected chi connectivity index (χ3v) is 2.46. The smallest absolute Gasteiger partial charge is 0.336 e. The number of aromatic nitrogens is 2. The van der Waals surface area contributed by atoms with Crippen molar-refractivity contribution in [2.24, 2.45) is 0 Å². The van der Waals surface area contributed by atoms with Crippen LogP contribution in [0.4, 0.5) is 5.82 Å². The fourth-order valence-electron chi connectivity index (χ4n) is 1.67. The highest BCUT2D eigenvalue weighted by molar-refractivity contribution is 6.06. The number of benzene rings is 1. The molecular formula is C12H14ClN3O3. The molecule has 1 aromatic heterocycles. The van der Waals surface area contributed by atoms with Crippen molar-refractivity contribution in [1.82, 2.24) is 9.97 Å². The Morgan fingerprint density at radius 2 is 2.16 bits per heavy atom. The van der Waals surface area contributed by atoms with E-state index in [2.05, 4.69) is 15.3 Å². The van der Waals surface area contributed by atoms with Crippen LogP contribution >= 0.6 is 12.4 Å². The van der Waals surface area contributed by atoms with Gasteiger partial charge in [-0.2, -0.15) is 0 Å². The van der Waals surface area contributed by atoms with Crippen LogP contribution in [0.25, 0.3) is 10.9 Å². The molecule has 0 spiro atoms. The first-order valence-corrected chi connectivity index (χ1v) is 5.48. The summed E-state index contributed by atoms with van der Waals surface area (Å²) in [5.74, 6) is -0.616. The molecule has 1 unspecified atom stereocenters. The number of aromatic carboxylic acids is 1. The molecule has 0 amide bonds. The number of carboxylic acid groups (broad SMARTS) is 1. The number of aliphatic hydroxyl groups is 1. The molecule has 19 heavy (non-hydrogen) atoms. The minimum absolute atomic E-state index is 0. The van der Waals surface area contributed by atoms with E-state index in [0.717, 1.165) is 0 Å². The first kappa shape index (κ1) is 15.1. The summed E-state index contributed by atoms with van der Waals surface area (Å²) in [6.07, 6.45) is 0.810. The molecule has 0 fully saturated rings. The number of hydrogen-bond donors (Lipinski definition) is 3. The van der Waals surface area contributed by atoms with Gasteiger partial charge < -0.3 is 15.5 Å². The maximum Gasteiger partial charge on any atom is 0.336 e. The van der Waals surface area contributed by atoms with E-state index in [4.69, 9.17) is 5.11 Å². The Morgan fingerprint density at radius 3 is 2.79 bits per heavy atom. The molecule has 0 radical (unpaired) electrons. The molecule has 0 aliphatic rings. The van der Waals surface area contributed by atoms with Crippen molar-refractivity contribution in [2.45, 2.75) is 13.0 Å². The highest BCUT2D eigenvalue weighted by Crippen LogP contribution is 2.23. The monoisotopic (exact) mass is 283 g/mol. The summed E-state index contributed by atoms with van der Waals surface area (Å²) in [6.45, 7) is 1.93. The summed E-state index contributed by atoms with van der Waals surface area (Å²) in [5.41, 5.74) is 0.694. The van der Waals surface area contributed by atoms with Crippen LogP contribution in [0.15, 0.2) is 24.5 Å². The van der Waals surface area contributed by atoms with Gasteiger partial charge in [-0.3, -0.25) is 0 Å². The molecule has 1 aromatic carbocycles. The largest absolute Gasteiger partial charge is 0.478 e. The Labute approximate surface area is 115 Å². The average Bonchev–Trinajstić information content (AvgIpc) is 2.35. The number of halogens is 1. The minimum Gasteiger partial charge on any atom is -0.478 e. The average molecular weight is 284 g/mol. The van der Waals surface area contributed by atoms with Gasteiger partial charge in [0.2, 0.25) is 0 Å². The summed E-state index contributed by atoms with van der Waals surface area (Å²) in [4.78, 5) is 19.2. The molecular weight excluding hydrogens is 270 g/mol. The Hall–Kier alpha value is -1.92. The second-order valence-electron chi connectivity index (χ2n) is 3.96. The Balaban J connectivity index is 0.00000180. The third-order valence-electron chi connectivity index (χ3n) is 2.46. The maximum atomic E-state index is 11.2. The zero-order chi connectivity index (χ0) is 13.1. The van der Waals surface area contributed by atoms with Crippen LogP contribution in [0.1, 0.15) is 17.3 Å². The fraction of sp³-hybridized carbons (Fsp3) is 0.250. The summed E-state index contributed by atoms with van der Waals surface area (Å²) in [7, 11) is 0. The molecule has 0 bridgehead atoms. The SMILES string of the molecule is CC(O)CNc1ncnc2cccc(C(=O)O)c12.Cl. The quantitative estimate of drug-likeness (QED) is 0.788. The van der Waals surface area contributed by atoms with Gasteiger partial charge in [-0.25, -0.2) is 14.8 Å². The number of carboxylic acids is 1. The van der Waals surface area contributed by atoms with Crippen molar-refractivity contribution in [3.05, 3.63) is 30.1 Å². The maximum absolute atomic E-state index is 11.2. The standard InChI is InChI=1S/C12H13N3O3.ClH/c1-7(16)5-13-11-10-8(12(17)18)3-2-4-9(10)14-6-15-11;/h2-4,6-7,16H,5H2,1H3,(H,17,18)(H,13,14,15);1H. The molecule has 0 saturated carbocycles. The zero-order valence-corrected chi connectivity index (χ0v) is 11.0. The lowest BCUT2D eigenvalue weighted by molar-refractivity contribution is 0.0699. The van der Waals surface area contributed by atoms with Gasteiger partial charge >= 0.3 is 5.97 Å². The first-order valence-electron chi connectivity index (χ1n) is 5.48. The van der Waals surface area contributed by atoms with Gasteiger partial charge in [0.05, 0.1) is 22.6 Å². The van der Waals surface area contributed by atoms with Gasteiger partial charge in [-0.15, -0.1) is 12.4 Å². The number of nitrogens with one attached hydrogen (secondary N) is 1. The van der Waals surface area contributed by atoms with Crippen molar-refractivity contribution in [3.8, 4) is 0 Å². The molecule has 0 aliphatic carbocycles. The number of hydrogen-bond acceptors (Lipinski definition) is 5. The second kappa shape index (κ2) is 6.31. The Kier molecular flexibility index (Phi) is 5.02. The molecule has 0 saturated heterocycles. The number of anilines is 1. The molecule has 2 rings (SSSR count). The number of nitrogens with zero attached hydrogens (tertiary/aromatic N) is 2. The number of carbonyl (C=O) groups is 1. The van der Waals surface area contributed by atoms with Crippen molar-refractivity contribution in [1.29, 1.82) is 0 Å². The minimum atomic E-state index is -1.03. The van der Waals surface area contributed by atoms with Gasteiger partial charge in [-0.05, 0) is 19.1 Å². The number of fused-ring (bicyclic) bond motifs is 1. The second-order valence-corrected chi connectivity index (χ2v) is 3.96. The third kappa shape index (κ3) is 3.30. The molecule has 1 heterocycles. The van der Waals surface area contributed by atoms with E-state index in [0.29, 0.717) is 23.3 Å². The molecule has 6 nitrogen and oxygen atoms in total. The fourth-order valence-corrected chi connectivity index (χ4v) is 1.67. The molecule has 0 aliphatic heterocycles. The zero-order valence-electron chi connectivity index (χ0n) is 10.2. The Bertz CT molecular complexity index is 584. The van der Waals surface area contributed by atoms with E-state index in [-0.39, 0.29) is 18.0 Å². The topological polar surface area (TPSA) is 95.3 Å². The van der Waals surface area contributed by atoms with Crippen LogP contribution < -0.4 is 5.32 Å². The van der Waals surface area contributed by atoms with Crippen LogP contribution in [0.3, 0.4) is 0 Å². The number of rotatable bonds is 4. The van der Waals surface area contributed by atoms with Gasteiger partial charge in [0.1, 0.15) is 12.1 Å². The van der Waals surface area contributed by atoms with Gasteiger partial charge in [-0.1, -0.05) is 6.07 Å². The summed E-state index contributed by atoms with van der Waals surface area (Å²) < 4.78 is 0. The summed E-state index contributed by atoms with van der Waals surface area (Å²) in [6, 6.07) is 4.86. The molecule has 102 valence electrons. The highest BCUT2D eigenvalue weighted by atomic mass is 35.5. The van der Waals surface area contributed by atoms with Gasteiger partial charge in [0.25, 0.3) is 0 Å². The molecule has 3 N–H and O–H groups in total. The lowest BCUT2D eigenvalue weighted by Gasteiger charge is -2.11. The van der Waals surface area contributed by atoms with E-state index >= 15 is 0 Å². The van der Waals surface area contributed by atoms with Crippen LogP contribution in [0.2, 0.25) is 0 Å². The van der Waals surface area contributed by atoms with Crippen molar-refractivity contribution in [3.63, 3.8) is 0 Å². The lowest BCUT2D eigenvalue weighted by Crippen LogP contribution is -2.16. The summed E-state index contributed by atoms with van der Waals surface area (Å²) in [5, 5.41) is 21.8. The predicted octanol–water partition coefficient (Wildman–Crippen LogP) is 1.54. The Morgan fingerprint density at radius 1 is 1.42 bits per heavy atom. The van der Waals surface area contributed by atoms with Gasteiger partial charge in [0, 0.05) is 6.54 Å². The van der Waals surface area contributed by atoms with E-state index in [9.17, 15) is 9.90 Å². The van der Waals surface area contributed by atoms with E-state index in [1.165, 1.54) is 12.4 Å². The van der Waals surface area contributed by atoms with Crippen LogP contribution in [-0.2, 0) is 0 Å². The van der Waals surface area contributed by atoms with Crippen LogP contribution in [0.5, 0.6) is 0 Å². The highest BCUT2D eigenvalue weighted by Gasteiger charge is 2.13. The van der Waals surface area contributed by atoms with Crippen molar-refractivity contribution >= 4 is 35.1 Å². The lowest BCUT2D eigenvalue weighted by atomic mass is 10.1. The van der Waals surface area contributed by atoms with Crippen LogP contribution in [0, 0.1) is 0 Å².